The molecule has 2 aliphatic rings. The number of hydrogen-bond acceptors (Lipinski definition) is 8. The van der Waals surface area contributed by atoms with E-state index >= 15 is 0 Å². The molecule has 0 bridgehead atoms. The number of imidazole rings is 1. The summed E-state index contributed by atoms with van der Waals surface area (Å²) in [6, 6.07) is 11.6. The first-order chi connectivity index (χ1) is 21.8. The van der Waals surface area contributed by atoms with E-state index in [0.717, 1.165) is 22.5 Å². The molecule has 4 aromatic rings. The second-order valence-corrected chi connectivity index (χ2v) is 10.9. The zero-order valence-electron chi connectivity index (χ0n) is 24.9. The fourth-order valence-corrected chi connectivity index (χ4v) is 5.73. The first-order valence-corrected chi connectivity index (χ1v) is 14.6. The Kier molecular flexibility index (Phi) is 8.76. The number of carbonyl (C=O) groups excluding carboxylic acids is 2. The third-order valence-corrected chi connectivity index (χ3v) is 8.15. The van der Waals surface area contributed by atoms with Crippen molar-refractivity contribution >= 4 is 29.1 Å². The molecule has 2 fully saturated rings. The highest BCUT2D eigenvalue weighted by Gasteiger charge is 2.31. The lowest BCUT2D eigenvalue weighted by Gasteiger charge is -2.35. The lowest BCUT2D eigenvalue weighted by Crippen LogP contribution is -2.56. The maximum Gasteiger partial charge on any atom is 0.387 e. The predicted molar refractivity (Wildman–Crippen MR) is 163 cm³/mol. The minimum absolute atomic E-state index is 0.0549. The van der Waals surface area contributed by atoms with Gasteiger partial charge in [0.05, 0.1) is 24.0 Å². The van der Waals surface area contributed by atoms with Gasteiger partial charge in [-0.05, 0) is 55.0 Å². The van der Waals surface area contributed by atoms with Gasteiger partial charge in [-0.2, -0.15) is 8.78 Å². The summed E-state index contributed by atoms with van der Waals surface area (Å²) >= 11 is 0. The number of piperazine rings is 1. The molecule has 2 unspecified atom stereocenters. The summed E-state index contributed by atoms with van der Waals surface area (Å²) in [5, 5.41) is 9.56. The van der Waals surface area contributed by atoms with E-state index in [4.69, 9.17) is 4.74 Å². The molecule has 0 spiro atoms. The second kappa shape index (κ2) is 13.0. The quantitative estimate of drug-likeness (QED) is 0.274. The van der Waals surface area contributed by atoms with Crippen LogP contribution >= 0.6 is 0 Å². The molecule has 0 aliphatic carbocycles. The van der Waals surface area contributed by atoms with E-state index < -0.39 is 6.61 Å². The van der Waals surface area contributed by atoms with Crippen LogP contribution < -0.4 is 20.7 Å². The summed E-state index contributed by atoms with van der Waals surface area (Å²) in [4.78, 5) is 38.7. The van der Waals surface area contributed by atoms with Gasteiger partial charge in [-0.3, -0.25) is 9.20 Å². The molecule has 14 heteroatoms. The van der Waals surface area contributed by atoms with Crippen LogP contribution in [-0.4, -0.2) is 101 Å². The normalized spacial score (nSPS) is 18.4. The van der Waals surface area contributed by atoms with Crippen LogP contribution in [0.5, 0.6) is 5.75 Å². The number of aryl methyl sites for hydroxylation is 1. The van der Waals surface area contributed by atoms with E-state index in [0.29, 0.717) is 56.3 Å². The molecule has 12 nitrogen and oxygen atoms in total. The largest absolute Gasteiger partial charge is 0.435 e. The van der Waals surface area contributed by atoms with Gasteiger partial charge in [-0.25, -0.2) is 14.8 Å². The Morgan fingerprint density at radius 3 is 2.49 bits per heavy atom. The fraction of sp³-hybridized carbons (Fsp3) is 0.355. The first-order valence-electron chi connectivity index (χ1n) is 14.6. The van der Waals surface area contributed by atoms with Gasteiger partial charge in [0.2, 0.25) is 0 Å². The fourth-order valence-electron chi connectivity index (χ4n) is 5.73. The molecule has 2 aromatic carbocycles. The van der Waals surface area contributed by atoms with Gasteiger partial charge >= 0.3 is 12.6 Å². The molecule has 3 N–H and O–H groups in total. The smallest absolute Gasteiger partial charge is 0.387 e. The highest BCUT2D eigenvalue weighted by molar-refractivity contribution is 5.96. The molecule has 2 saturated heterocycles. The van der Waals surface area contributed by atoms with E-state index in [1.54, 1.807) is 53.7 Å². The van der Waals surface area contributed by atoms with Gasteiger partial charge in [0.25, 0.3) is 5.91 Å². The van der Waals surface area contributed by atoms with Crippen molar-refractivity contribution in [2.45, 2.75) is 25.7 Å². The Labute approximate surface area is 258 Å². The number of amides is 3. The summed E-state index contributed by atoms with van der Waals surface area (Å²) in [7, 11) is 1.64. The molecule has 45 heavy (non-hydrogen) atoms. The van der Waals surface area contributed by atoms with Gasteiger partial charge < -0.3 is 35.2 Å². The highest BCUT2D eigenvalue weighted by Crippen LogP contribution is 2.28. The summed E-state index contributed by atoms with van der Waals surface area (Å²) < 4.78 is 36.8. The van der Waals surface area contributed by atoms with Crippen molar-refractivity contribution in [3.8, 4) is 17.0 Å². The van der Waals surface area contributed by atoms with Gasteiger partial charge in [-0.15, -0.1) is 0 Å². The van der Waals surface area contributed by atoms with Crippen LogP contribution in [0.2, 0.25) is 0 Å². The monoisotopic (exact) mass is 620 g/mol. The minimum Gasteiger partial charge on any atom is -0.435 e. The van der Waals surface area contributed by atoms with Crippen molar-refractivity contribution in [1.29, 1.82) is 0 Å². The SMILES string of the molecule is COC1CNCC1NC(=O)N1CCN(C(=O)c2ccc(Nc3nccn4c(-c5ccc(OC(F)F)cc5)cnc34)cc2C)CC1. The highest BCUT2D eigenvalue weighted by atomic mass is 19.3. The van der Waals surface area contributed by atoms with Gasteiger partial charge in [0.1, 0.15) is 5.75 Å². The number of alkyl halides is 2. The van der Waals surface area contributed by atoms with E-state index in [1.165, 1.54) is 12.1 Å². The minimum atomic E-state index is -2.89. The molecule has 0 saturated carbocycles. The number of aromatic nitrogens is 3. The van der Waals surface area contributed by atoms with E-state index in [-0.39, 0.29) is 29.8 Å². The third kappa shape index (κ3) is 6.51. The molecule has 2 aliphatic heterocycles. The van der Waals surface area contributed by atoms with Crippen molar-refractivity contribution < 1.29 is 27.8 Å². The van der Waals surface area contributed by atoms with Crippen molar-refractivity contribution in [1.82, 2.24) is 34.8 Å². The van der Waals surface area contributed by atoms with E-state index in [2.05, 4.69) is 30.7 Å². The Morgan fingerprint density at radius 1 is 1.02 bits per heavy atom. The zero-order valence-corrected chi connectivity index (χ0v) is 24.9. The molecular weight excluding hydrogens is 586 g/mol. The summed E-state index contributed by atoms with van der Waals surface area (Å²) in [5.74, 6) is 0.508. The number of ether oxygens (including phenoxy) is 2. The molecule has 2 atom stereocenters. The maximum atomic E-state index is 13.4. The Bertz CT molecular complexity index is 1670. The van der Waals surface area contributed by atoms with E-state index in [1.807, 2.05) is 23.5 Å². The van der Waals surface area contributed by atoms with Gasteiger partial charge in [-0.1, -0.05) is 0 Å². The first kappa shape index (κ1) is 30.2. The van der Waals surface area contributed by atoms with Gasteiger partial charge in [0.15, 0.2) is 11.5 Å². The molecule has 0 radical (unpaired) electrons. The number of nitrogens with one attached hydrogen (secondary N) is 3. The number of anilines is 2. The summed E-state index contributed by atoms with van der Waals surface area (Å²) in [6.07, 6.45) is 5.04. The molecule has 236 valence electrons. The molecule has 3 amide bonds. The number of fused-ring (bicyclic) bond motifs is 1. The summed E-state index contributed by atoms with van der Waals surface area (Å²) in [6.45, 7) is 2.15. The topological polar surface area (TPSA) is 125 Å². The number of nitrogens with zero attached hydrogens (tertiary/aromatic N) is 5. The lowest BCUT2D eigenvalue weighted by molar-refractivity contribution is -0.0498. The van der Waals surface area contributed by atoms with Crippen molar-refractivity contribution in [3.63, 3.8) is 0 Å². The number of halogens is 2. The molecule has 2 aromatic heterocycles. The Hall–Kier alpha value is -4.82. The number of carbonyl (C=O) groups is 2. The average molecular weight is 621 g/mol. The number of hydrogen-bond donors (Lipinski definition) is 3. The van der Waals surface area contributed by atoms with Crippen LogP contribution in [0.15, 0.2) is 61.1 Å². The van der Waals surface area contributed by atoms with E-state index in [9.17, 15) is 18.4 Å². The Morgan fingerprint density at radius 2 is 1.78 bits per heavy atom. The number of methoxy groups -OCH3 is 1. The van der Waals surface area contributed by atoms with Gasteiger partial charge in [0, 0.05) is 75.6 Å². The van der Waals surface area contributed by atoms with Crippen LogP contribution in [-0.2, 0) is 4.74 Å². The van der Waals surface area contributed by atoms with Crippen molar-refractivity contribution in [3.05, 3.63) is 72.2 Å². The van der Waals surface area contributed by atoms with Crippen LogP contribution in [0, 0.1) is 6.92 Å². The van der Waals surface area contributed by atoms with Crippen molar-refractivity contribution in [2.75, 3.05) is 51.7 Å². The number of rotatable bonds is 8. The maximum absolute atomic E-state index is 13.4. The standard InChI is InChI=1S/C31H34F2N8O4/c1-19-15-21(37-27-28-36-17-25(41(28)10-9-35-27)20-3-6-22(7-4-20)45-30(32)33)5-8-23(19)29(42)39-11-13-40(14-12-39)31(43)38-24-16-34-18-26(24)44-2/h3-10,15,17,24,26,30,34H,11-14,16,18H2,1-2H3,(H,35,37)(H,38,43). The van der Waals surface area contributed by atoms with Crippen LogP contribution in [0.4, 0.5) is 25.1 Å². The zero-order chi connectivity index (χ0) is 31.5. The second-order valence-electron chi connectivity index (χ2n) is 10.9. The third-order valence-electron chi connectivity index (χ3n) is 8.15. The molecule has 6 rings (SSSR count). The lowest BCUT2D eigenvalue weighted by atomic mass is 10.1. The Balaban J connectivity index is 1.09. The predicted octanol–water partition coefficient (Wildman–Crippen LogP) is 3.50. The molecule has 4 heterocycles. The number of urea groups is 1. The van der Waals surface area contributed by atoms with Crippen molar-refractivity contribution in [2.24, 2.45) is 0 Å². The number of benzene rings is 2. The van der Waals surface area contributed by atoms with Crippen LogP contribution in [0.25, 0.3) is 16.9 Å². The van der Waals surface area contributed by atoms with Crippen LogP contribution in [0.1, 0.15) is 15.9 Å². The average Bonchev–Trinajstić information content (AvgIpc) is 3.68. The summed E-state index contributed by atoms with van der Waals surface area (Å²) in [5.41, 5.74) is 4.22. The molecular formula is C31H34F2N8O4. The van der Waals surface area contributed by atoms with Crippen LogP contribution in [0.3, 0.4) is 0 Å².